The van der Waals surface area contributed by atoms with Gasteiger partial charge in [-0.1, -0.05) is 0 Å². The Kier molecular flexibility index (Phi) is 3.70. The Balaban J connectivity index is 1.88. The lowest BCUT2D eigenvalue weighted by Crippen LogP contribution is -2.53. The molecule has 0 unspecified atom stereocenters. The van der Waals surface area contributed by atoms with Crippen LogP contribution in [0.2, 0.25) is 0 Å². The number of amides is 1. The first-order chi connectivity index (χ1) is 7.98. The summed E-state index contributed by atoms with van der Waals surface area (Å²) >= 11 is 0. The van der Waals surface area contributed by atoms with Gasteiger partial charge in [-0.05, 0) is 19.4 Å². The second kappa shape index (κ2) is 4.91. The first-order valence-corrected chi connectivity index (χ1v) is 7.80. The van der Waals surface area contributed by atoms with Gasteiger partial charge in [-0.15, -0.1) is 0 Å². The predicted molar refractivity (Wildman–Crippen MR) is 64.0 cm³/mol. The summed E-state index contributed by atoms with van der Waals surface area (Å²) in [7, 11) is -3.11. The summed E-state index contributed by atoms with van der Waals surface area (Å²) in [5, 5.41) is 3.17. The van der Waals surface area contributed by atoms with E-state index in [-0.39, 0.29) is 11.9 Å². The second-order valence-electron chi connectivity index (χ2n) is 4.64. The summed E-state index contributed by atoms with van der Waals surface area (Å²) in [6.07, 6.45) is 3.15. The van der Waals surface area contributed by atoms with Gasteiger partial charge in [0.15, 0.2) is 0 Å². The summed E-state index contributed by atoms with van der Waals surface area (Å²) in [5.74, 6) is 0.121. The van der Waals surface area contributed by atoms with E-state index in [1.807, 2.05) is 0 Å². The molecule has 0 spiro atoms. The largest absolute Gasteiger partial charge is 0.339 e. The molecule has 0 aromatic heterocycles. The number of hydrogen-bond acceptors (Lipinski definition) is 4. The zero-order valence-electron chi connectivity index (χ0n) is 10.1. The Bertz CT molecular complexity index is 382. The lowest BCUT2D eigenvalue weighted by molar-refractivity contribution is -0.134. The van der Waals surface area contributed by atoms with Gasteiger partial charge in [0.05, 0.1) is 12.3 Å². The molecular weight excluding hydrogens is 242 g/mol. The van der Waals surface area contributed by atoms with Crippen molar-refractivity contribution in [3.8, 4) is 0 Å². The molecule has 6 nitrogen and oxygen atoms in total. The fourth-order valence-electron chi connectivity index (χ4n) is 2.36. The molecule has 2 aliphatic heterocycles. The van der Waals surface area contributed by atoms with Crippen LogP contribution < -0.4 is 5.32 Å². The van der Waals surface area contributed by atoms with Crippen LogP contribution in [0.25, 0.3) is 0 Å². The molecule has 0 aromatic carbocycles. The molecule has 1 atom stereocenters. The molecule has 2 aliphatic rings. The topological polar surface area (TPSA) is 69.7 Å². The summed E-state index contributed by atoms with van der Waals surface area (Å²) < 4.78 is 24.1. The average Bonchev–Trinajstić information content (AvgIpc) is 2.80. The Hall–Kier alpha value is -0.660. The first-order valence-electron chi connectivity index (χ1n) is 5.96. The standard InChI is InChI=1S/C10H19N3O3S/c1-17(15,16)13-7-5-12(6-8-13)10(14)9-3-2-4-11-9/h9,11H,2-8H2,1H3/t9-/m1/s1. The van der Waals surface area contributed by atoms with Crippen LogP contribution in [0, 0.1) is 0 Å². The summed E-state index contributed by atoms with van der Waals surface area (Å²) in [4.78, 5) is 13.8. The number of nitrogens with one attached hydrogen (secondary N) is 1. The van der Waals surface area contributed by atoms with Gasteiger partial charge >= 0.3 is 0 Å². The minimum Gasteiger partial charge on any atom is -0.339 e. The van der Waals surface area contributed by atoms with Gasteiger partial charge in [0.2, 0.25) is 15.9 Å². The third-order valence-corrected chi connectivity index (χ3v) is 4.68. The highest BCUT2D eigenvalue weighted by Gasteiger charge is 2.31. The second-order valence-corrected chi connectivity index (χ2v) is 6.62. The van der Waals surface area contributed by atoms with E-state index in [0.29, 0.717) is 26.2 Å². The van der Waals surface area contributed by atoms with Crippen molar-refractivity contribution in [3.05, 3.63) is 0 Å². The van der Waals surface area contributed by atoms with E-state index in [0.717, 1.165) is 19.4 Å². The van der Waals surface area contributed by atoms with Gasteiger partial charge in [-0.25, -0.2) is 8.42 Å². The molecule has 2 saturated heterocycles. The molecule has 0 aliphatic carbocycles. The Labute approximate surface area is 102 Å². The van der Waals surface area contributed by atoms with Gasteiger partial charge in [0.25, 0.3) is 0 Å². The van der Waals surface area contributed by atoms with E-state index < -0.39 is 10.0 Å². The zero-order chi connectivity index (χ0) is 12.5. The zero-order valence-corrected chi connectivity index (χ0v) is 10.9. The fraction of sp³-hybridized carbons (Fsp3) is 0.900. The maximum atomic E-state index is 12.1. The molecule has 0 aromatic rings. The molecule has 1 amide bonds. The molecule has 0 saturated carbocycles. The number of carbonyl (C=O) groups is 1. The Morgan fingerprint density at radius 2 is 1.88 bits per heavy atom. The average molecular weight is 261 g/mol. The van der Waals surface area contributed by atoms with Crippen molar-refractivity contribution in [2.75, 3.05) is 39.0 Å². The van der Waals surface area contributed by atoms with Crippen LogP contribution >= 0.6 is 0 Å². The van der Waals surface area contributed by atoms with Crippen LogP contribution in [0.1, 0.15) is 12.8 Å². The van der Waals surface area contributed by atoms with Crippen molar-refractivity contribution in [2.24, 2.45) is 0 Å². The van der Waals surface area contributed by atoms with Crippen LogP contribution in [-0.2, 0) is 14.8 Å². The molecule has 2 heterocycles. The van der Waals surface area contributed by atoms with Gasteiger partial charge < -0.3 is 10.2 Å². The Morgan fingerprint density at radius 3 is 2.35 bits per heavy atom. The molecule has 2 rings (SSSR count). The van der Waals surface area contributed by atoms with Crippen molar-refractivity contribution in [1.82, 2.24) is 14.5 Å². The third-order valence-electron chi connectivity index (χ3n) is 3.38. The van der Waals surface area contributed by atoms with Crippen molar-refractivity contribution in [2.45, 2.75) is 18.9 Å². The van der Waals surface area contributed by atoms with Gasteiger partial charge in [-0.3, -0.25) is 4.79 Å². The quantitative estimate of drug-likeness (QED) is 0.681. The van der Waals surface area contributed by atoms with Crippen LogP contribution in [0.15, 0.2) is 0 Å². The number of hydrogen-bond donors (Lipinski definition) is 1. The minimum absolute atomic E-state index is 0.0558. The summed E-state index contributed by atoms with van der Waals surface area (Å²) in [6, 6.07) is -0.0558. The smallest absolute Gasteiger partial charge is 0.239 e. The van der Waals surface area contributed by atoms with Crippen LogP contribution in [0.3, 0.4) is 0 Å². The van der Waals surface area contributed by atoms with E-state index >= 15 is 0 Å². The molecular formula is C10H19N3O3S. The predicted octanol–water partition coefficient (Wildman–Crippen LogP) is -1.16. The van der Waals surface area contributed by atoms with E-state index in [4.69, 9.17) is 0 Å². The van der Waals surface area contributed by atoms with E-state index in [1.54, 1.807) is 4.90 Å². The number of rotatable bonds is 2. The lowest BCUT2D eigenvalue weighted by Gasteiger charge is -2.34. The van der Waals surface area contributed by atoms with Crippen molar-refractivity contribution in [1.29, 1.82) is 0 Å². The lowest BCUT2D eigenvalue weighted by atomic mass is 10.2. The molecule has 17 heavy (non-hydrogen) atoms. The fourth-order valence-corrected chi connectivity index (χ4v) is 3.18. The molecule has 0 bridgehead atoms. The van der Waals surface area contributed by atoms with Gasteiger partial charge in [0, 0.05) is 26.2 Å². The van der Waals surface area contributed by atoms with Crippen LogP contribution in [0.4, 0.5) is 0 Å². The highest BCUT2D eigenvalue weighted by molar-refractivity contribution is 7.88. The van der Waals surface area contributed by atoms with E-state index in [2.05, 4.69) is 5.32 Å². The van der Waals surface area contributed by atoms with Crippen molar-refractivity contribution < 1.29 is 13.2 Å². The summed E-state index contributed by atoms with van der Waals surface area (Å²) in [5.41, 5.74) is 0. The molecule has 0 radical (unpaired) electrons. The molecule has 2 fully saturated rings. The number of carbonyl (C=O) groups excluding carboxylic acids is 1. The normalized spacial score (nSPS) is 27.4. The van der Waals surface area contributed by atoms with Crippen molar-refractivity contribution in [3.63, 3.8) is 0 Å². The van der Waals surface area contributed by atoms with Crippen LogP contribution in [-0.4, -0.2) is 68.6 Å². The highest BCUT2D eigenvalue weighted by Crippen LogP contribution is 2.12. The van der Waals surface area contributed by atoms with Crippen molar-refractivity contribution >= 4 is 15.9 Å². The minimum atomic E-state index is -3.11. The van der Waals surface area contributed by atoms with Crippen LogP contribution in [0.5, 0.6) is 0 Å². The number of sulfonamides is 1. The maximum Gasteiger partial charge on any atom is 0.239 e. The summed E-state index contributed by atoms with van der Waals surface area (Å²) in [6.45, 7) is 2.74. The van der Waals surface area contributed by atoms with E-state index in [9.17, 15) is 13.2 Å². The highest BCUT2D eigenvalue weighted by atomic mass is 32.2. The van der Waals surface area contributed by atoms with E-state index in [1.165, 1.54) is 10.6 Å². The third kappa shape index (κ3) is 2.97. The Morgan fingerprint density at radius 1 is 1.24 bits per heavy atom. The molecule has 7 heteroatoms. The number of piperazine rings is 1. The van der Waals surface area contributed by atoms with Gasteiger partial charge in [-0.2, -0.15) is 4.31 Å². The first kappa shape index (κ1) is 12.8. The molecule has 1 N–H and O–H groups in total. The SMILES string of the molecule is CS(=O)(=O)N1CCN(C(=O)[C@H]2CCCN2)CC1. The molecule has 98 valence electrons. The monoisotopic (exact) mass is 261 g/mol. The van der Waals surface area contributed by atoms with Gasteiger partial charge in [0.1, 0.15) is 0 Å². The maximum absolute atomic E-state index is 12.1. The number of nitrogens with zero attached hydrogens (tertiary/aromatic N) is 2.